The summed E-state index contributed by atoms with van der Waals surface area (Å²) in [6.07, 6.45) is 7.04. The van der Waals surface area contributed by atoms with E-state index in [0.717, 1.165) is 38.8 Å². The number of hydrogen-bond acceptors (Lipinski definition) is 2. The smallest absolute Gasteiger partial charge is 0.315 e. The first-order valence-corrected chi connectivity index (χ1v) is 6.84. The summed E-state index contributed by atoms with van der Waals surface area (Å²) in [5.74, 6) is 0. The van der Waals surface area contributed by atoms with E-state index >= 15 is 0 Å². The molecule has 1 saturated carbocycles. The molecule has 0 atom stereocenters. The van der Waals surface area contributed by atoms with Crippen LogP contribution in [0.25, 0.3) is 0 Å². The number of hydrogen-bond donors (Lipinski definition) is 2. The van der Waals surface area contributed by atoms with Crippen molar-refractivity contribution in [1.29, 1.82) is 0 Å². The molecular weight excluding hydrogens is 216 g/mol. The van der Waals surface area contributed by atoms with Crippen molar-refractivity contribution in [3.63, 3.8) is 0 Å². The number of carbonyl (C=O) groups is 1. The van der Waals surface area contributed by atoms with Crippen LogP contribution in [0.3, 0.4) is 0 Å². The van der Waals surface area contributed by atoms with E-state index in [1.807, 2.05) is 13.8 Å². The van der Waals surface area contributed by atoms with Crippen molar-refractivity contribution in [3.8, 4) is 0 Å². The molecule has 0 aromatic rings. The van der Waals surface area contributed by atoms with Gasteiger partial charge >= 0.3 is 6.03 Å². The molecule has 0 unspecified atom stereocenters. The van der Waals surface area contributed by atoms with Gasteiger partial charge in [0.2, 0.25) is 0 Å². The summed E-state index contributed by atoms with van der Waals surface area (Å²) in [6, 6.07) is 0.390. The van der Waals surface area contributed by atoms with E-state index in [1.165, 1.54) is 12.8 Å². The van der Waals surface area contributed by atoms with Gasteiger partial charge in [0, 0.05) is 19.2 Å². The third-order valence-corrected chi connectivity index (χ3v) is 3.00. The maximum atomic E-state index is 11.5. The lowest BCUT2D eigenvalue weighted by molar-refractivity contribution is 0.0761. The number of ether oxygens (including phenoxy) is 1. The molecule has 0 saturated heterocycles. The third kappa shape index (κ3) is 7.21. The van der Waals surface area contributed by atoms with E-state index in [4.69, 9.17) is 4.74 Å². The molecule has 0 bridgehead atoms. The molecule has 0 aliphatic heterocycles. The minimum absolute atomic E-state index is 0.0123. The monoisotopic (exact) mass is 242 g/mol. The molecule has 4 nitrogen and oxygen atoms in total. The lowest BCUT2D eigenvalue weighted by Crippen LogP contribution is -2.41. The van der Waals surface area contributed by atoms with Crippen molar-refractivity contribution in [3.05, 3.63) is 0 Å². The Morgan fingerprint density at radius 2 is 2.00 bits per heavy atom. The number of carbonyl (C=O) groups excluding carboxylic acids is 1. The van der Waals surface area contributed by atoms with Crippen LogP contribution in [0.4, 0.5) is 4.79 Å². The molecule has 17 heavy (non-hydrogen) atoms. The number of urea groups is 1. The number of rotatable bonds is 7. The molecule has 0 radical (unpaired) electrons. The van der Waals surface area contributed by atoms with Gasteiger partial charge in [-0.1, -0.05) is 12.8 Å². The molecule has 4 heteroatoms. The second-order valence-electron chi connectivity index (χ2n) is 5.01. The fraction of sp³-hybridized carbons (Fsp3) is 0.923. The molecule has 1 aliphatic carbocycles. The van der Waals surface area contributed by atoms with Crippen molar-refractivity contribution < 1.29 is 9.53 Å². The standard InChI is InChI=1S/C13H26N2O2/c1-11(2)17-10-6-5-9-14-13(16)15-12-7-3-4-8-12/h11-12H,3-10H2,1-2H3,(H2,14,15,16). The lowest BCUT2D eigenvalue weighted by Gasteiger charge is -2.13. The highest BCUT2D eigenvalue weighted by atomic mass is 16.5. The molecule has 100 valence electrons. The maximum absolute atomic E-state index is 11.5. The van der Waals surface area contributed by atoms with Crippen LogP contribution < -0.4 is 10.6 Å². The Hall–Kier alpha value is -0.770. The summed E-state index contributed by atoms with van der Waals surface area (Å²) in [5.41, 5.74) is 0. The Morgan fingerprint density at radius 1 is 1.29 bits per heavy atom. The number of nitrogens with one attached hydrogen (secondary N) is 2. The maximum Gasteiger partial charge on any atom is 0.315 e. The molecule has 1 aliphatic rings. The van der Waals surface area contributed by atoms with Gasteiger partial charge in [-0.05, 0) is 39.5 Å². The van der Waals surface area contributed by atoms with Gasteiger partial charge in [0.25, 0.3) is 0 Å². The molecule has 0 aromatic carbocycles. The second kappa shape index (κ2) is 8.34. The molecular formula is C13H26N2O2. The average Bonchev–Trinajstić information content (AvgIpc) is 2.75. The molecule has 0 spiro atoms. The predicted molar refractivity (Wildman–Crippen MR) is 69.1 cm³/mol. The predicted octanol–water partition coefficient (Wildman–Crippen LogP) is 2.43. The van der Waals surface area contributed by atoms with E-state index in [0.29, 0.717) is 12.1 Å². The van der Waals surface area contributed by atoms with Crippen molar-refractivity contribution in [2.75, 3.05) is 13.2 Å². The van der Waals surface area contributed by atoms with Gasteiger partial charge in [-0.3, -0.25) is 0 Å². The minimum Gasteiger partial charge on any atom is -0.379 e. The fourth-order valence-corrected chi connectivity index (χ4v) is 2.05. The average molecular weight is 242 g/mol. The van der Waals surface area contributed by atoms with Gasteiger partial charge in [0.1, 0.15) is 0 Å². The molecule has 1 rings (SSSR count). The van der Waals surface area contributed by atoms with Crippen LogP contribution in [-0.2, 0) is 4.74 Å². The van der Waals surface area contributed by atoms with Crippen LogP contribution in [-0.4, -0.2) is 31.3 Å². The normalized spacial score (nSPS) is 16.4. The van der Waals surface area contributed by atoms with Crippen LogP contribution in [0.5, 0.6) is 0 Å². The molecule has 0 heterocycles. The Bertz CT molecular complexity index is 213. The number of amides is 2. The first-order valence-electron chi connectivity index (χ1n) is 6.84. The van der Waals surface area contributed by atoms with Crippen molar-refractivity contribution in [2.45, 2.75) is 64.5 Å². The van der Waals surface area contributed by atoms with Crippen molar-refractivity contribution >= 4 is 6.03 Å². The summed E-state index contributed by atoms with van der Waals surface area (Å²) < 4.78 is 5.43. The third-order valence-electron chi connectivity index (χ3n) is 3.00. The van der Waals surface area contributed by atoms with E-state index in [2.05, 4.69) is 10.6 Å². The van der Waals surface area contributed by atoms with E-state index < -0.39 is 0 Å². The van der Waals surface area contributed by atoms with Crippen LogP contribution in [0.2, 0.25) is 0 Å². The first kappa shape index (κ1) is 14.3. The Labute approximate surface area is 104 Å². The molecule has 2 amide bonds. The summed E-state index contributed by atoms with van der Waals surface area (Å²) in [4.78, 5) is 11.5. The zero-order chi connectivity index (χ0) is 12.5. The van der Waals surface area contributed by atoms with Crippen LogP contribution in [0, 0.1) is 0 Å². The van der Waals surface area contributed by atoms with Gasteiger partial charge < -0.3 is 15.4 Å². The summed E-state index contributed by atoms with van der Waals surface area (Å²) in [6.45, 7) is 5.59. The summed E-state index contributed by atoms with van der Waals surface area (Å²) in [7, 11) is 0. The highest BCUT2D eigenvalue weighted by Crippen LogP contribution is 2.17. The van der Waals surface area contributed by atoms with Crippen LogP contribution in [0.1, 0.15) is 52.4 Å². The zero-order valence-electron chi connectivity index (χ0n) is 11.1. The fourth-order valence-electron chi connectivity index (χ4n) is 2.05. The van der Waals surface area contributed by atoms with Crippen molar-refractivity contribution in [2.24, 2.45) is 0 Å². The topological polar surface area (TPSA) is 50.4 Å². The van der Waals surface area contributed by atoms with Gasteiger partial charge in [-0.15, -0.1) is 0 Å². The Kier molecular flexibility index (Phi) is 7.01. The largest absolute Gasteiger partial charge is 0.379 e. The highest BCUT2D eigenvalue weighted by molar-refractivity contribution is 5.74. The Balaban J connectivity index is 1.89. The first-order chi connectivity index (χ1) is 8.18. The van der Waals surface area contributed by atoms with Gasteiger partial charge in [-0.25, -0.2) is 4.79 Å². The highest BCUT2D eigenvalue weighted by Gasteiger charge is 2.16. The second-order valence-corrected chi connectivity index (χ2v) is 5.01. The summed E-state index contributed by atoms with van der Waals surface area (Å²) >= 11 is 0. The van der Waals surface area contributed by atoms with Crippen LogP contribution in [0.15, 0.2) is 0 Å². The van der Waals surface area contributed by atoms with Gasteiger partial charge in [-0.2, -0.15) is 0 Å². The molecule has 0 aromatic heterocycles. The van der Waals surface area contributed by atoms with Gasteiger partial charge in [0.05, 0.1) is 6.10 Å². The summed E-state index contributed by atoms with van der Waals surface area (Å²) in [5, 5.41) is 5.90. The Morgan fingerprint density at radius 3 is 2.65 bits per heavy atom. The van der Waals surface area contributed by atoms with Gasteiger partial charge in [0.15, 0.2) is 0 Å². The SMILES string of the molecule is CC(C)OCCCCNC(=O)NC1CCCC1. The lowest BCUT2D eigenvalue weighted by atomic mass is 10.2. The number of unbranched alkanes of at least 4 members (excludes halogenated alkanes) is 1. The molecule has 1 fully saturated rings. The quantitative estimate of drug-likeness (QED) is 0.674. The zero-order valence-corrected chi connectivity index (χ0v) is 11.1. The minimum atomic E-state index is -0.0123. The van der Waals surface area contributed by atoms with Crippen LogP contribution >= 0.6 is 0 Å². The molecule has 2 N–H and O–H groups in total. The van der Waals surface area contributed by atoms with E-state index in [9.17, 15) is 4.79 Å². The van der Waals surface area contributed by atoms with E-state index in [-0.39, 0.29) is 6.03 Å². The van der Waals surface area contributed by atoms with E-state index in [1.54, 1.807) is 0 Å². The van der Waals surface area contributed by atoms with Crippen molar-refractivity contribution in [1.82, 2.24) is 10.6 Å².